The number of aromatic nitrogens is 2. The summed E-state index contributed by atoms with van der Waals surface area (Å²) in [4.78, 5) is 14.9. The lowest BCUT2D eigenvalue weighted by Gasteiger charge is -2.41. The molecule has 2 aromatic rings. The summed E-state index contributed by atoms with van der Waals surface area (Å²) in [6.45, 7) is 2.56. The summed E-state index contributed by atoms with van der Waals surface area (Å²) < 4.78 is 8.50. The van der Waals surface area contributed by atoms with E-state index in [-0.39, 0.29) is 6.03 Å². The number of halogens is 1. The summed E-state index contributed by atoms with van der Waals surface area (Å²) in [6, 6.07) is 5.68. The number of nitrogens with zero attached hydrogens (tertiary/aromatic N) is 3. The normalized spacial score (nSPS) is 21.2. The Morgan fingerprint density at radius 2 is 2.10 bits per heavy atom. The minimum atomic E-state index is -0.0235. The minimum Gasteiger partial charge on any atom is -0.492 e. The van der Waals surface area contributed by atoms with Gasteiger partial charge in [-0.2, -0.15) is 5.10 Å². The maximum absolute atomic E-state index is 13.0. The predicted molar refractivity (Wildman–Crippen MR) is 122 cm³/mol. The molecule has 1 aromatic carbocycles. The molecule has 8 heteroatoms. The van der Waals surface area contributed by atoms with E-state index in [1.54, 1.807) is 10.9 Å². The minimum absolute atomic E-state index is 0.0235. The van der Waals surface area contributed by atoms with Gasteiger partial charge < -0.3 is 20.7 Å². The Labute approximate surface area is 186 Å². The Morgan fingerprint density at radius 1 is 1.30 bits per heavy atom. The Balaban J connectivity index is 1.53. The van der Waals surface area contributed by atoms with Crippen LogP contribution in [-0.4, -0.2) is 47.0 Å². The van der Waals surface area contributed by atoms with Crippen LogP contribution < -0.4 is 15.8 Å². The van der Waals surface area contributed by atoms with Crippen molar-refractivity contribution < 1.29 is 9.53 Å². The van der Waals surface area contributed by atoms with Crippen molar-refractivity contribution in [1.82, 2.24) is 14.7 Å². The van der Waals surface area contributed by atoms with Crippen molar-refractivity contribution in [2.24, 2.45) is 24.6 Å². The van der Waals surface area contributed by atoms with E-state index in [1.165, 1.54) is 25.7 Å². The van der Waals surface area contributed by atoms with E-state index >= 15 is 0 Å². The van der Waals surface area contributed by atoms with Gasteiger partial charge in [0.25, 0.3) is 0 Å². The largest absolute Gasteiger partial charge is 0.492 e. The molecule has 3 N–H and O–H groups in total. The predicted octanol–water partition coefficient (Wildman–Crippen LogP) is 4.23. The Morgan fingerprint density at radius 3 is 2.83 bits per heavy atom. The number of hydrogen-bond donors (Lipinski definition) is 2. The fourth-order valence-corrected chi connectivity index (χ4v) is 5.35. The average Bonchev–Trinajstić information content (AvgIpc) is 3.10. The smallest absolute Gasteiger partial charge is 0.321 e. The molecule has 1 aromatic heterocycles. The van der Waals surface area contributed by atoms with Gasteiger partial charge in [-0.05, 0) is 58.8 Å². The highest BCUT2D eigenvalue weighted by atomic mass is 79.9. The highest BCUT2D eigenvalue weighted by molar-refractivity contribution is 9.10. The van der Waals surface area contributed by atoms with Crippen LogP contribution in [0, 0.1) is 11.8 Å². The number of benzene rings is 1. The van der Waals surface area contributed by atoms with Gasteiger partial charge in [0.05, 0.1) is 16.4 Å². The molecular formula is C22H30BrN5O2. The van der Waals surface area contributed by atoms with E-state index in [9.17, 15) is 4.79 Å². The fraction of sp³-hybridized carbons (Fsp3) is 0.545. The maximum atomic E-state index is 13.0. The second-order valence-corrected chi connectivity index (χ2v) is 9.14. The number of likely N-dealkylation sites (tertiary alicyclic amines) is 1. The molecule has 2 amide bonds. The molecule has 2 atom stereocenters. The fourth-order valence-electron chi connectivity index (χ4n) is 4.79. The summed E-state index contributed by atoms with van der Waals surface area (Å²) in [5.41, 5.74) is 8.11. The summed E-state index contributed by atoms with van der Waals surface area (Å²) in [6.07, 6.45) is 8.09. The van der Waals surface area contributed by atoms with Gasteiger partial charge >= 0.3 is 6.03 Å². The van der Waals surface area contributed by atoms with Crippen LogP contribution in [0.15, 0.2) is 28.9 Å². The monoisotopic (exact) mass is 475 g/mol. The highest BCUT2D eigenvalue weighted by Gasteiger charge is 2.33. The lowest BCUT2D eigenvalue weighted by Crippen LogP contribution is -2.46. The third-order valence-electron chi connectivity index (χ3n) is 6.33. The molecule has 0 bridgehead atoms. The van der Waals surface area contributed by atoms with Gasteiger partial charge in [0.1, 0.15) is 12.4 Å². The van der Waals surface area contributed by atoms with Gasteiger partial charge in [0.15, 0.2) is 0 Å². The van der Waals surface area contributed by atoms with Crippen LogP contribution >= 0.6 is 15.9 Å². The van der Waals surface area contributed by atoms with Gasteiger partial charge in [-0.25, -0.2) is 4.79 Å². The van der Waals surface area contributed by atoms with Gasteiger partial charge in [-0.15, -0.1) is 0 Å². The molecule has 0 spiro atoms. The first-order chi connectivity index (χ1) is 14.6. The number of nitrogens with one attached hydrogen (secondary N) is 1. The van der Waals surface area contributed by atoms with E-state index in [0.717, 1.165) is 46.8 Å². The van der Waals surface area contributed by atoms with Crippen molar-refractivity contribution in [1.29, 1.82) is 0 Å². The molecule has 2 unspecified atom stereocenters. The molecule has 7 nitrogen and oxygen atoms in total. The number of amides is 2. The maximum Gasteiger partial charge on any atom is 0.321 e. The van der Waals surface area contributed by atoms with Crippen LogP contribution in [0.3, 0.4) is 0 Å². The van der Waals surface area contributed by atoms with Crippen LogP contribution in [0.2, 0.25) is 0 Å². The van der Waals surface area contributed by atoms with E-state index in [1.807, 2.05) is 30.1 Å². The third kappa shape index (κ3) is 4.49. The zero-order chi connectivity index (χ0) is 21.1. The van der Waals surface area contributed by atoms with E-state index < -0.39 is 0 Å². The first-order valence-electron chi connectivity index (χ1n) is 10.8. The Hall–Kier alpha value is -2.06. The van der Waals surface area contributed by atoms with Crippen LogP contribution in [0.1, 0.15) is 32.1 Å². The van der Waals surface area contributed by atoms with Gasteiger partial charge in [0.2, 0.25) is 0 Å². The molecule has 1 saturated heterocycles. The molecule has 162 valence electrons. The second-order valence-electron chi connectivity index (χ2n) is 8.28. The zero-order valence-corrected chi connectivity index (χ0v) is 19.0. The van der Waals surface area contributed by atoms with Gasteiger partial charge in [-0.1, -0.05) is 19.3 Å². The number of carbonyl (C=O) groups excluding carboxylic acids is 1. The third-order valence-corrected chi connectivity index (χ3v) is 6.91. The van der Waals surface area contributed by atoms with Crippen LogP contribution in [0.5, 0.6) is 5.75 Å². The molecule has 2 aliphatic rings. The zero-order valence-electron chi connectivity index (χ0n) is 17.4. The van der Waals surface area contributed by atoms with Gasteiger partial charge in [0, 0.05) is 37.9 Å². The van der Waals surface area contributed by atoms with Crippen molar-refractivity contribution in [2.45, 2.75) is 32.1 Å². The Bertz CT molecular complexity index is 880. The van der Waals surface area contributed by atoms with Crippen molar-refractivity contribution in [3.63, 3.8) is 0 Å². The summed E-state index contributed by atoms with van der Waals surface area (Å²) in [5.74, 6) is 2.17. The number of rotatable bonds is 5. The molecule has 0 radical (unpaired) electrons. The van der Waals surface area contributed by atoms with Gasteiger partial charge in [-0.3, -0.25) is 4.68 Å². The van der Waals surface area contributed by atoms with E-state index in [2.05, 4.69) is 26.3 Å². The van der Waals surface area contributed by atoms with Crippen molar-refractivity contribution >= 4 is 27.6 Å². The van der Waals surface area contributed by atoms with E-state index in [0.29, 0.717) is 24.8 Å². The number of anilines is 1. The molecule has 2 fully saturated rings. The summed E-state index contributed by atoms with van der Waals surface area (Å²) >= 11 is 3.57. The van der Waals surface area contributed by atoms with E-state index in [4.69, 9.17) is 10.5 Å². The molecule has 2 heterocycles. The van der Waals surface area contributed by atoms with Crippen molar-refractivity contribution in [3.8, 4) is 17.0 Å². The first-order valence-corrected chi connectivity index (χ1v) is 11.6. The quantitative estimate of drug-likeness (QED) is 0.677. The number of piperidine rings is 1. The summed E-state index contributed by atoms with van der Waals surface area (Å²) in [5, 5.41) is 7.40. The lowest BCUT2D eigenvalue weighted by molar-refractivity contribution is 0.108. The van der Waals surface area contributed by atoms with Crippen LogP contribution in [-0.2, 0) is 7.05 Å². The second kappa shape index (κ2) is 9.39. The number of aryl methyl sites for hydroxylation is 1. The standard InChI is InChI=1S/C22H30BrN5O2/c1-27-21(19(23)13-25-27)18-12-17(6-7-20(18)30-11-9-24)26-22(29)28-10-8-15-4-2-3-5-16(15)14-28/h6-7,12-13,15-16H,2-5,8-11,14,24H2,1H3,(H,26,29). The number of nitrogens with two attached hydrogens (primary N) is 1. The number of hydrogen-bond acceptors (Lipinski definition) is 4. The van der Waals surface area contributed by atoms with Crippen LogP contribution in [0.25, 0.3) is 11.3 Å². The molecule has 1 saturated carbocycles. The molecular weight excluding hydrogens is 446 g/mol. The van der Waals surface area contributed by atoms with Crippen LogP contribution in [0.4, 0.5) is 10.5 Å². The SMILES string of the molecule is Cn1ncc(Br)c1-c1cc(NC(=O)N2CCC3CCCCC3C2)ccc1OCCN. The molecule has 4 rings (SSSR count). The molecule has 1 aliphatic carbocycles. The van der Waals surface area contributed by atoms with Crippen molar-refractivity contribution in [2.75, 3.05) is 31.6 Å². The van der Waals surface area contributed by atoms with Crippen molar-refractivity contribution in [3.05, 3.63) is 28.9 Å². The number of carbonyl (C=O) groups is 1. The first kappa shape index (κ1) is 21.2. The molecule has 1 aliphatic heterocycles. The number of urea groups is 1. The Kier molecular flexibility index (Phi) is 6.63. The molecule has 30 heavy (non-hydrogen) atoms. The topological polar surface area (TPSA) is 85.4 Å². The summed E-state index contributed by atoms with van der Waals surface area (Å²) in [7, 11) is 1.88. The number of ether oxygens (including phenoxy) is 1. The number of fused-ring (bicyclic) bond motifs is 1. The highest BCUT2D eigenvalue weighted by Crippen LogP contribution is 2.38. The lowest BCUT2D eigenvalue weighted by atomic mass is 9.75. The average molecular weight is 476 g/mol.